The van der Waals surface area contributed by atoms with Gasteiger partial charge in [-0.25, -0.2) is 14.4 Å². The van der Waals surface area contributed by atoms with E-state index in [2.05, 4.69) is 19.7 Å². The van der Waals surface area contributed by atoms with Gasteiger partial charge in [-0.2, -0.15) is 0 Å². The van der Waals surface area contributed by atoms with Crippen LogP contribution in [0.3, 0.4) is 0 Å². The maximum absolute atomic E-state index is 10.9. The molecule has 0 aromatic carbocycles. The third kappa shape index (κ3) is 13.6. The molecule has 1 N–H and O–H groups in total. The molecule has 19 heavy (non-hydrogen) atoms. The number of hydrogen-bond donors (Lipinski definition) is 1. The number of esters is 2. The number of ether oxygens (including phenoxy) is 2. The van der Waals surface area contributed by atoms with Gasteiger partial charge >= 0.3 is 17.9 Å². The molecule has 0 spiro atoms. The Morgan fingerprint density at radius 2 is 1.74 bits per heavy atom. The van der Waals surface area contributed by atoms with Crippen LogP contribution in [-0.4, -0.2) is 35.7 Å². The summed E-state index contributed by atoms with van der Waals surface area (Å²) < 4.78 is 9.53. The molecule has 6 heteroatoms. The molecule has 0 aliphatic heterocycles. The first-order valence-electron chi connectivity index (χ1n) is 5.25. The summed E-state index contributed by atoms with van der Waals surface area (Å²) in [5.74, 6) is -2.01. The molecule has 0 heterocycles. The van der Waals surface area contributed by atoms with Crippen LogP contribution < -0.4 is 0 Å². The number of carbonyl (C=O) groups is 3. The molecule has 0 rings (SSSR count). The fourth-order valence-corrected chi connectivity index (χ4v) is 0.597. The number of rotatable bonds is 6. The number of hydrogen-bond acceptors (Lipinski definition) is 5. The molecule has 106 valence electrons. The molecule has 0 aromatic heterocycles. The van der Waals surface area contributed by atoms with Gasteiger partial charge in [0.25, 0.3) is 0 Å². The van der Waals surface area contributed by atoms with Gasteiger partial charge in [0.2, 0.25) is 0 Å². The predicted octanol–water partition coefficient (Wildman–Crippen LogP) is 1.48. The van der Waals surface area contributed by atoms with Gasteiger partial charge in [0.05, 0.1) is 0 Å². The standard InChI is InChI=1S/C10H14O4.C3H4O2/c1-5-9(11)14-8(4)6-13-10(12)7(2)3;1-2-3(4)5/h5,8H,1-2,6H2,3-4H3;2H,1H2,(H,4,5). The van der Waals surface area contributed by atoms with Gasteiger partial charge in [-0.1, -0.05) is 19.7 Å². The molecule has 0 saturated carbocycles. The Morgan fingerprint density at radius 3 is 2.05 bits per heavy atom. The molecular formula is C13H18O6. The molecule has 1 atom stereocenters. The van der Waals surface area contributed by atoms with Crippen LogP contribution in [-0.2, 0) is 23.9 Å². The minimum atomic E-state index is -0.981. The Balaban J connectivity index is 0. The Hall–Kier alpha value is -2.37. The number of carbonyl (C=O) groups excluding carboxylic acids is 2. The summed E-state index contributed by atoms with van der Waals surface area (Å²) in [6, 6.07) is 0. The third-order valence-electron chi connectivity index (χ3n) is 1.46. The van der Waals surface area contributed by atoms with Crippen molar-refractivity contribution in [2.45, 2.75) is 20.0 Å². The van der Waals surface area contributed by atoms with Crippen LogP contribution in [0.25, 0.3) is 0 Å². The van der Waals surface area contributed by atoms with E-state index < -0.39 is 24.0 Å². The highest BCUT2D eigenvalue weighted by atomic mass is 16.6. The number of aliphatic carboxylic acids is 1. The minimum Gasteiger partial charge on any atom is -0.478 e. The van der Waals surface area contributed by atoms with Crippen molar-refractivity contribution in [3.8, 4) is 0 Å². The molecule has 0 fully saturated rings. The fraction of sp³-hybridized carbons (Fsp3) is 0.308. The van der Waals surface area contributed by atoms with E-state index in [1.807, 2.05) is 0 Å². The van der Waals surface area contributed by atoms with E-state index in [1.165, 1.54) is 0 Å². The first-order chi connectivity index (χ1) is 8.74. The summed E-state index contributed by atoms with van der Waals surface area (Å²) in [7, 11) is 0. The lowest BCUT2D eigenvalue weighted by atomic mass is 10.3. The largest absolute Gasteiger partial charge is 0.478 e. The first-order valence-corrected chi connectivity index (χ1v) is 5.25. The lowest BCUT2D eigenvalue weighted by molar-refractivity contribution is -0.152. The lowest BCUT2D eigenvalue weighted by Crippen LogP contribution is -2.21. The fourth-order valence-electron chi connectivity index (χ4n) is 0.597. The molecule has 0 aliphatic carbocycles. The zero-order chi connectivity index (χ0) is 15.4. The summed E-state index contributed by atoms with van der Waals surface area (Å²) in [4.78, 5) is 30.9. The van der Waals surface area contributed by atoms with E-state index in [1.54, 1.807) is 13.8 Å². The van der Waals surface area contributed by atoms with Crippen molar-refractivity contribution in [1.82, 2.24) is 0 Å². The first kappa shape index (κ1) is 19.0. The van der Waals surface area contributed by atoms with E-state index in [9.17, 15) is 14.4 Å². The highest BCUT2D eigenvalue weighted by Crippen LogP contribution is 1.97. The Morgan fingerprint density at radius 1 is 1.26 bits per heavy atom. The van der Waals surface area contributed by atoms with Crippen molar-refractivity contribution in [2.24, 2.45) is 0 Å². The average Bonchev–Trinajstić information content (AvgIpc) is 2.36. The van der Waals surface area contributed by atoms with Crippen LogP contribution in [0, 0.1) is 0 Å². The maximum Gasteiger partial charge on any atom is 0.333 e. The highest BCUT2D eigenvalue weighted by molar-refractivity contribution is 5.87. The normalized spacial score (nSPS) is 10.0. The topological polar surface area (TPSA) is 89.9 Å². The van der Waals surface area contributed by atoms with E-state index in [-0.39, 0.29) is 6.61 Å². The molecule has 0 aromatic rings. The van der Waals surface area contributed by atoms with Crippen molar-refractivity contribution >= 4 is 17.9 Å². The predicted molar refractivity (Wildman–Crippen MR) is 69.4 cm³/mol. The molecule has 0 amide bonds. The second-order valence-electron chi connectivity index (χ2n) is 3.37. The summed E-state index contributed by atoms with van der Waals surface area (Å²) >= 11 is 0. The molecule has 0 saturated heterocycles. The molecular weight excluding hydrogens is 252 g/mol. The van der Waals surface area contributed by atoms with E-state index in [0.717, 1.165) is 12.2 Å². The second-order valence-corrected chi connectivity index (χ2v) is 3.37. The van der Waals surface area contributed by atoms with Crippen LogP contribution in [0.4, 0.5) is 0 Å². The van der Waals surface area contributed by atoms with Crippen molar-refractivity contribution in [1.29, 1.82) is 0 Å². The maximum atomic E-state index is 10.9. The molecule has 1 unspecified atom stereocenters. The highest BCUT2D eigenvalue weighted by Gasteiger charge is 2.10. The van der Waals surface area contributed by atoms with Crippen molar-refractivity contribution < 1.29 is 29.0 Å². The molecule has 6 nitrogen and oxygen atoms in total. The average molecular weight is 270 g/mol. The van der Waals surface area contributed by atoms with Crippen LogP contribution in [0.1, 0.15) is 13.8 Å². The van der Waals surface area contributed by atoms with Gasteiger partial charge in [-0.3, -0.25) is 0 Å². The monoisotopic (exact) mass is 270 g/mol. The van der Waals surface area contributed by atoms with E-state index >= 15 is 0 Å². The lowest BCUT2D eigenvalue weighted by Gasteiger charge is -2.11. The molecule has 0 radical (unpaired) electrons. The Bertz CT molecular complexity index is 369. The van der Waals surface area contributed by atoms with Gasteiger partial charge in [0.1, 0.15) is 12.7 Å². The van der Waals surface area contributed by atoms with Crippen molar-refractivity contribution in [3.63, 3.8) is 0 Å². The van der Waals surface area contributed by atoms with Gasteiger partial charge < -0.3 is 14.6 Å². The Labute approximate surface area is 112 Å². The van der Waals surface area contributed by atoms with E-state index in [4.69, 9.17) is 14.6 Å². The zero-order valence-corrected chi connectivity index (χ0v) is 11.0. The smallest absolute Gasteiger partial charge is 0.333 e. The summed E-state index contributed by atoms with van der Waals surface area (Å²) in [5, 5.41) is 7.60. The van der Waals surface area contributed by atoms with Crippen molar-refractivity contribution in [3.05, 3.63) is 37.5 Å². The Kier molecular flexibility index (Phi) is 10.8. The summed E-state index contributed by atoms with van der Waals surface area (Å²) in [6.07, 6.45) is 1.40. The number of carboxylic acid groups (broad SMARTS) is 1. The van der Waals surface area contributed by atoms with Gasteiger partial charge in [-0.05, 0) is 13.8 Å². The van der Waals surface area contributed by atoms with Gasteiger partial charge in [0, 0.05) is 17.7 Å². The summed E-state index contributed by atoms with van der Waals surface area (Å²) in [5.41, 5.74) is 0.312. The van der Waals surface area contributed by atoms with Crippen LogP contribution in [0.5, 0.6) is 0 Å². The van der Waals surface area contributed by atoms with E-state index in [0.29, 0.717) is 5.57 Å². The van der Waals surface area contributed by atoms with Gasteiger partial charge in [-0.15, -0.1) is 0 Å². The molecule has 0 bridgehead atoms. The summed E-state index contributed by atoms with van der Waals surface area (Å²) in [6.45, 7) is 12.8. The third-order valence-corrected chi connectivity index (χ3v) is 1.46. The number of carboxylic acids is 1. The van der Waals surface area contributed by atoms with Crippen LogP contribution in [0.15, 0.2) is 37.5 Å². The van der Waals surface area contributed by atoms with Crippen molar-refractivity contribution in [2.75, 3.05) is 6.61 Å². The SMILES string of the molecule is C=CC(=O)O.C=CC(=O)OC(C)COC(=O)C(=C)C. The van der Waals surface area contributed by atoms with Crippen LogP contribution >= 0.6 is 0 Å². The minimum absolute atomic E-state index is 0.0191. The quantitative estimate of drug-likeness (QED) is 0.580. The van der Waals surface area contributed by atoms with Gasteiger partial charge in [0.15, 0.2) is 0 Å². The zero-order valence-electron chi connectivity index (χ0n) is 11.0. The molecule has 0 aliphatic rings. The second kappa shape index (κ2) is 10.8. The van der Waals surface area contributed by atoms with Crippen LogP contribution in [0.2, 0.25) is 0 Å².